The molecule has 0 bridgehead atoms. The van der Waals surface area contributed by atoms with Gasteiger partial charge in [0.1, 0.15) is 0 Å². The minimum Gasteiger partial charge on any atom is -0.345 e. The molecule has 0 aromatic heterocycles. The number of hydrogen-bond donors (Lipinski definition) is 1. The molecule has 1 N–H and O–H groups in total. The minimum absolute atomic E-state index is 0.174. The van der Waals surface area contributed by atoms with E-state index in [1.165, 1.54) is 39.0 Å². The SMILES string of the molecule is CC(=O)C(=O)NC1CCN(C2CCCCC2)C1. The van der Waals surface area contributed by atoms with Gasteiger partial charge in [0.2, 0.25) is 5.78 Å². The number of carbonyl (C=O) groups is 2. The van der Waals surface area contributed by atoms with Crippen LogP contribution in [-0.2, 0) is 9.59 Å². The second kappa shape index (κ2) is 5.63. The van der Waals surface area contributed by atoms with E-state index in [1.807, 2.05) is 0 Å². The van der Waals surface area contributed by atoms with Gasteiger partial charge in [-0.3, -0.25) is 14.5 Å². The van der Waals surface area contributed by atoms with Gasteiger partial charge in [0.15, 0.2) is 0 Å². The molecule has 1 unspecified atom stereocenters. The van der Waals surface area contributed by atoms with Gasteiger partial charge in [0.05, 0.1) is 0 Å². The highest BCUT2D eigenvalue weighted by molar-refractivity contribution is 6.35. The molecule has 0 aromatic carbocycles. The van der Waals surface area contributed by atoms with Crippen LogP contribution in [0.5, 0.6) is 0 Å². The molecule has 1 amide bonds. The standard InChI is InChI=1S/C13H22N2O2/c1-10(16)13(17)14-11-7-8-15(9-11)12-5-3-2-4-6-12/h11-12H,2-9H2,1H3,(H,14,17). The van der Waals surface area contributed by atoms with Crippen LogP contribution < -0.4 is 5.32 Å². The average Bonchev–Trinajstić information content (AvgIpc) is 2.78. The van der Waals surface area contributed by atoms with Crippen molar-refractivity contribution in [2.24, 2.45) is 0 Å². The molecule has 1 saturated carbocycles. The maximum absolute atomic E-state index is 11.3. The number of hydrogen-bond acceptors (Lipinski definition) is 3. The zero-order valence-electron chi connectivity index (χ0n) is 10.6. The molecule has 4 heteroatoms. The van der Waals surface area contributed by atoms with E-state index < -0.39 is 5.91 Å². The van der Waals surface area contributed by atoms with Gasteiger partial charge in [-0.05, 0) is 19.3 Å². The van der Waals surface area contributed by atoms with E-state index in [0.717, 1.165) is 19.5 Å². The van der Waals surface area contributed by atoms with Crippen LogP contribution in [0.3, 0.4) is 0 Å². The lowest BCUT2D eigenvalue weighted by molar-refractivity contribution is -0.137. The first kappa shape index (κ1) is 12.6. The molecule has 4 nitrogen and oxygen atoms in total. The van der Waals surface area contributed by atoms with Crippen molar-refractivity contribution in [2.45, 2.75) is 57.5 Å². The Morgan fingerprint density at radius 2 is 1.82 bits per heavy atom. The maximum atomic E-state index is 11.3. The molecule has 1 atom stereocenters. The summed E-state index contributed by atoms with van der Waals surface area (Å²) in [6.07, 6.45) is 7.63. The third-order valence-electron chi connectivity index (χ3n) is 3.97. The molecule has 1 saturated heterocycles. The number of rotatable bonds is 3. The molecule has 0 radical (unpaired) electrons. The summed E-state index contributed by atoms with van der Waals surface area (Å²) >= 11 is 0. The van der Waals surface area contributed by atoms with E-state index in [0.29, 0.717) is 6.04 Å². The Labute approximate surface area is 103 Å². The second-order valence-corrected chi connectivity index (χ2v) is 5.30. The third kappa shape index (κ3) is 3.28. The van der Waals surface area contributed by atoms with Crippen molar-refractivity contribution in [1.82, 2.24) is 10.2 Å². The lowest BCUT2D eigenvalue weighted by Crippen LogP contribution is -2.42. The Hall–Kier alpha value is -0.900. The highest BCUT2D eigenvalue weighted by atomic mass is 16.2. The first-order valence-corrected chi connectivity index (χ1v) is 6.72. The molecule has 2 aliphatic rings. The lowest BCUT2D eigenvalue weighted by Gasteiger charge is -2.31. The second-order valence-electron chi connectivity index (χ2n) is 5.30. The molecular formula is C13H22N2O2. The van der Waals surface area contributed by atoms with Crippen molar-refractivity contribution in [1.29, 1.82) is 0 Å². The fraction of sp³-hybridized carbons (Fsp3) is 0.846. The first-order chi connectivity index (χ1) is 8.16. The Kier molecular flexibility index (Phi) is 4.15. The zero-order valence-corrected chi connectivity index (χ0v) is 10.6. The average molecular weight is 238 g/mol. The van der Waals surface area contributed by atoms with Crippen molar-refractivity contribution >= 4 is 11.7 Å². The zero-order chi connectivity index (χ0) is 12.3. The Balaban J connectivity index is 1.78. The molecule has 96 valence electrons. The van der Waals surface area contributed by atoms with Gasteiger partial charge in [-0.25, -0.2) is 0 Å². The smallest absolute Gasteiger partial charge is 0.287 e. The summed E-state index contributed by atoms with van der Waals surface area (Å²) in [5.74, 6) is -0.818. The Bertz CT molecular complexity index is 298. The van der Waals surface area contributed by atoms with Crippen LogP contribution in [0, 0.1) is 0 Å². The van der Waals surface area contributed by atoms with Gasteiger partial charge in [-0.2, -0.15) is 0 Å². The summed E-state index contributed by atoms with van der Waals surface area (Å²) in [4.78, 5) is 24.7. The predicted octanol–water partition coefficient (Wildman–Crippen LogP) is 1.10. The molecule has 0 spiro atoms. The maximum Gasteiger partial charge on any atom is 0.287 e. The van der Waals surface area contributed by atoms with Crippen molar-refractivity contribution in [2.75, 3.05) is 13.1 Å². The normalized spacial score (nSPS) is 27.0. The molecule has 1 aliphatic carbocycles. The van der Waals surface area contributed by atoms with Gasteiger partial charge >= 0.3 is 0 Å². The minimum atomic E-state index is -0.430. The van der Waals surface area contributed by atoms with Crippen LogP contribution in [0.25, 0.3) is 0 Å². The lowest BCUT2D eigenvalue weighted by atomic mass is 9.94. The number of likely N-dealkylation sites (tertiary alicyclic amines) is 1. The third-order valence-corrected chi connectivity index (χ3v) is 3.97. The van der Waals surface area contributed by atoms with Crippen LogP contribution in [0.15, 0.2) is 0 Å². The van der Waals surface area contributed by atoms with Crippen molar-refractivity contribution in [3.8, 4) is 0 Å². The van der Waals surface area contributed by atoms with Gasteiger partial charge in [0.25, 0.3) is 5.91 Å². The summed E-state index contributed by atoms with van der Waals surface area (Å²) in [6, 6.07) is 0.885. The number of nitrogens with one attached hydrogen (secondary N) is 1. The molecular weight excluding hydrogens is 216 g/mol. The number of Topliss-reactive ketones (excluding diaryl/α,β-unsaturated/α-hetero) is 1. The quantitative estimate of drug-likeness (QED) is 0.749. The van der Waals surface area contributed by atoms with Gasteiger partial charge in [-0.1, -0.05) is 19.3 Å². The summed E-state index contributed by atoms with van der Waals surface area (Å²) < 4.78 is 0. The van der Waals surface area contributed by atoms with E-state index in [2.05, 4.69) is 10.2 Å². The fourth-order valence-electron chi connectivity index (χ4n) is 2.97. The number of ketones is 1. The molecule has 1 heterocycles. The molecule has 2 rings (SSSR count). The fourth-order valence-corrected chi connectivity index (χ4v) is 2.97. The van der Waals surface area contributed by atoms with Crippen molar-refractivity contribution < 1.29 is 9.59 Å². The van der Waals surface area contributed by atoms with Crippen molar-refractivity contribution in [3.05, 3.63) is 0 Å². The van der Waals surface area contributed by atoms with Crippen LogP contribution in [0.4, 0.5) is 0 Å². The highest BCUT2D eigenvalue weighted by Crippen LogP contribution is 2.25. The highest BCUT2D eigenvalue weighted by Gasteiger charge is 2.30. The Morgan fingerprint density at radius 3 is 2.47 bits per heavy atom. The molecule has 17 heavy (non-hydrogen) atoms. The number of carbonyl (C=O) groups excluding carboxylic acids is 2. The molecule has 2 fully saturated rings. The first-order valence-electron chi connectivity index (χ1n) is 6.72. The number of amides is 1. The van der Waals surface area contributed by atoms with Gasteiger partial charge in [0, 0.05) is 32.1 Å². The van der Waals surface area contributed by atoms with Crippen LogP contribution in [0.2, 0.25) is 0 Å². The van der Waals surface area contributed by atoms with Crippen LogP contribution in [0.1, 0.15) is 45.4 Å². The monoisotopic (exact) mass is 238 g/mol. The predicted molar refractivity (Wildman–Crippen MR) is 65.7 cm³/mol. The van der Waals surface area contributed by atoms with E-state index in [-0.39, 0.29) is 11.8 Å². The van der Waals surface area contributed by atoms with E-state index in [9.17, 15) is 9.59 Å². The summed E-state index contributed by atoms with van der Waals surface area (Å²) in [6.45, 7) is 3.31. The topological polar surface area (TPSA) is 49.4 Å². The van der Waals surface area contributed by atoms with Gasteiger partial charge < -0.3 is 5.32 Å². The van der Waals surface area contributed by atoms with Crippen LogP contribution in [-0.4, -0.2) is 41.8 Å². The van der Waals surface area contributed by atoms with E-state index in [4.69, 9.17) is 0 Å². The summed E-state index contributed by atoms with van der Waals surface area (Å²) in [7, 11) is 0. The van der Waals surface area contributed by atoms with E-state index >= 15 is 0 Å². The molecule has 0 aromatic rings. The van der Waals surface area contributed by atoms with Gasteiger partial charge in [-0.15, -0.1) is 0 Å². The summed E-state index contributed by atoms with van der Waals surface area (Å²) in [5, 5.41) is 2.82. The van der Waals surface area contributed by atoms with E-state index in [1.54, 1.807) is 0 Å². The Morgan fingerprint density at radius 1 is 1.12 bits per heavy atom. The molecule has 1 aliphatic heterocycles. The summed E-state index contributed by atoms with van der Waals surface area (Å²) in [5.41, 5.74) is 0. The van der Waals surface area contributed by atoms with Crippen LogP contribution >= 0.6 is 0 Å². The largest absolute Gasteiger partial charge is 0.345 e. The number of nitrogens with zero attached hydrogens (tertiary/aromatic N) is 1. The van der Waals surface area contributed by atoms with Crippen molar-refractivity contribution in [3.63, 3.8) is 0 Å².